The number of ether oxygens (including phenoxy) is 3. The summed E-state index contributed by atoms with van der Waals surface area (Å²) in [5.74, 6) is -0.255. The van der Waals surface area contributed by atoms with E-state index in [-0.39, 0.29) is 30.1 Å². The summed E-state index contributed by atoms with van der Waals surface area (Å²) in [6, 6.07) is 3.86. The molecule has 0 amide bonds. The van der Waals surface area contributed by atoms with Gasteiger partial charge in [0.2, 0.25) is 0 Å². The van der Waals surface area contributed by atoms with Crippen LogP contribution in [-0.2, 0) is 16.0 Å². The molecule has 0 radical (unpaired) electrons. The number of halogens is 3. The molecule has 0 spiro atoms. The molecule has 0 aliphatic carbocycles. The van der Waals surface area contributed by atoms with Gasteiger partial charge in [0.05, 0.1) is 12.7 Å². The molecule has 0 bridgehead atoms. The van der Waals surface area contributed by atoms with Gasteiger partial charge >= 0.3 is 6.61 Å². The molecule has 2 fully saturated rings. The first-order valence-electron chi connectivity index (χ1n) is 8.99. The molecule has 2 saturated heterocycles. The van der Waals surface area contributed by atoms with Crippen LogP contribution in [0.25, 0.3) is 0 Å². The number of morpholine rings is 1. The van der Waals surface area contributed by atoms with Crippen molar-refractivity contribution in [3.05, 3.63) is 29.6 Å². The third-order valence-corrected chi connectivity index (χ3v) is 4.70. The summed E-state index contributed by atoms with van der Waals surface area (Å²) in [6.07, 6.45) is 2.01. The third kappa shape index (κ3) is 5.04. The van der Waals surface area contributed by atoms with Gasteiger partial charge in [0.15, 0.2) is 5.96 Å². The van der Waals surface area contributed by atoms with Gasteiger partial charge in [0.25, 0.3) is 0 Å². The van der Waals surface area contributed by atoms with E-state index in [0.717, 1.165) is 19.4 Å². The standard InChI is InChI=1S/C18H24F3N3O3/c1-22-18(24-7-9-26-16(11-24)15-6-3-8-25-15)23-10-12-13(19)4-2-5-14(12)27-17(20)21/h2,4-5,15-17H,3,6-11H2,1H3,(H,22,23). The minimum absolute atomic E-state index is 0.0245. The second-order valence-electron chi connectivity index (χ2n) is 6.40. The lowest BCUT2D eigenvalue weighted by Gasteiger charge is -2.37. The maximum atomic E-state index is 14.1. The van der Waals surface area contributed by atoms with E-state index >= 15 is 0 Å². The fourth-order valence-electron chi connectivity index (χ4n) is 3.41. The molecule has 3 rings (SSSR count). The Morgan fingerprint density at radius 2 is 2.15 bits per heavy atom. The first kappa shape index (κ1) is 19.8. The third-order valence-electron chi connectivity index (χ3n) is 4.70. The van der Waals surface area contributed by atoms with Crippen molar-refractivity contribution >= 4 is 5.96 Å². The highest BCUT2D eigenvalue weighted by Crippen LogP contribution is 2.24. The highest BCUT2D eigenvalue weighted by molar-refractivity contribution is 5.80. The lowest BCUT2D eigenvalue weighted by Crippen LogP contribution is -2.53. The number of nitrogens with one attached hydrogen (secondary N) is 1. The van der Waals surface area contributed by atoms with Crippen LogP contribution >= 0.6 is 0 Å². The van der Waals surface area contributed by atoms with Gasteiger partial charge in [0.1, 0.15) is 17.7 Å². The Balaban J connectivity index is 1.64. The zero-order chi connectivity index (χ0) is 19.2. The van der Waals surface area contributed by atoms with Gasteiger partial charge in [-0.05, 0) is 25.0 Å². The van der Waals surface area contributed by atoms with Crippen molar-refractivity contribution in [2.45, 2.75) is 38.2 Å². The van der Waals surface area contributed by atoms with E-state index in [2.05, 4.69) is 15.0 Å². The molecule has 2 atom stereocenters. The fourth-order valence-corrected chi connectivity index (χ4v) is 3.41. The van der Waals surface area contributed by atoms with Gasteiger partial charge in [-0.2, -0.15) is 8.78 Å². The molecule has 1 aromatic rings. The molecule has 1 N–H and O–H groups in total. The summed E-state index contributed by atoms with van der Waals surface area (Å²) in [5.41, 5.74) is 0.0304. The van der Waals surface area contributed by atoms with E-state index in [1.165, 1.54) is 18.2 Å². The van der Waals surface area contributed by atoms with Gasteiger partial charge in [-0.1, -0.05) is 6.07 Å². The Hall–Kier alpha value is -2.00. The fraction of sp³-hybridized carbons (Fsp3) is 0.611. The minimum atomic E-state index is -3.02. The van der Waals surface area contributed by atoms with Crippen molar-refractivity contribution in [1.82, 2.24) is 10.2 Å². The first-order valence-corrected chi connectivity index (χ1v) is 8.99. The SMILES string of the molecule is CN=C(NCc1c(F)cccc1OC(F)F)N1CCOC(C2CCCO2)C1. The Morgan fingerprint density at radius 1 is 1.33 bits per heavy atom. The number of nitrogens with zero attached hydrogens (tertiary/aromatic N) is 2. The average Bonchev–Trinajstić information content (AvgIpc) is 3.19. The smallest absolute Gasteiger partial charge is 0.387 e. The van der Waals surface area contributed by atoms with Gasteiger partial charge in [-0.25, -0.2) is 4.39 Å². The molecule has 1 aromatic carbocycles. The van der Waals surface area contributed by atoms with Crippen molar-refractivity contribution in [1.29, 1.82) is 0 Å². The quantitative estimate of drug-likeness (QED) is 0.621. The summed E-state index contributed by atoms with van der Waals surface area (Å²) in [5, 5.41) is 3.04. The number of rotatable bonds is 5. The molecular weight excluding hydrogens is 363 g/mol. The molecule has 9 heteroatoms. The van der Waals surface area contributed by atoms with Gasteiger partial charge in [0, 0.05) is 38.9 Å². The topological polar surface area (TPSA) is 55.3 Å². The predicted molar refractivity (Wildman–Crippen MR) is 93.5 cm³/mol. The largest absolute Gasteiger partial charge is 0.434 e. The van der Waals surface area contributed by atoms with Gasteiger partial charge < -0.3 is 24.4 Å². The molecule has 0 aromatic heterocycles. The zero-order valence-corrected chi connectivity index (χ0v) is 15.2. The van der Waals surface area contributed by atoms with Crippen molar-refractivity contribution in [3.8, 4) is 5.75 Å². The molecule has 27 heavy (non-hydrogen) atoms. The number of alkyl halides is 2. The van der Waals surface area contributed by atoms with Gasteiger partial charge in [-0.3, -0.25) is 4.99 Å². The van der Waals surface area contributed by atoms with Crippen LogP contribution in [-0.4, -0.2) is 63.0 Å². The second-order valence-corrected chi connectivity index (χ2v) is 6.40. The minimum Gasteiger partial charge on any atom is -0.434 e. The monoisotopic (exact) mass is 387 g/mol. The van der Waals surface area contributed by atoms with Crippen LogP contribution in [0, 0.1) is 5.82 Å². The predicted octanol–water partition coefficient (Wildman–Crippen LogP) is 2.38. The van der Waals surface area contributed by atoms with E-state index in [1.807, 2.05) is 4.90 Å². The van der Waals surface area contributed by atoms with Crippen LogP contribution in [0.15, 0.2) is 23.2 Å². The van der Waals surface area contributed by atoms with Crippen LogP contribution in [0.1, 0.15) is 18.4 Å². The Morgan fingerprint density at radius 3 is 2.85 bits per heavy atom. The van der Waals surface area contributed by atoms with Crippen LogP contribution in [0.4, 0.5) is 13.2 Å². The molecule has 0 saturated carbocycles. The lowest BCUT2D eigenvalue weighted by molar-refractivity contribution is -0.0817. The molecule has 2 unspecified atom stereocenters. The van der Waals surface area contributed by atoms with Crippen molar-refractivity contribution in [2.75, 3.05) is 33.4 Å². The van der Waals surface area contributed by atoms with E-state index in [9.17, 15) is 13.2 Å². The van der Waals surface area contributed by atoms with Crippen molar-refractivity contribution < 1.29 is 27.4 Å². The Bertz CT molecular complexity index is 654. The summed E-state index contributed by atoms with van der Waals surface area (Å²) >= 11 is 0. The summed E-state index contributed by atoms with van der Waals surface area (Å²) < 4.78 is 55.2. The summed E-state index contributed by atoms with van der Waals surface area (Å²) in [6.45, 7) is -0.537. The maximum absolute atomic E-state index is 14.1. The summed E-state index contributed by atoms with van der Waals surface area (Å²) in [4.78, 5) is 6.24. The molecule has 6 nitrogen and oxygen atoms in total. The number of hydrogen-bond donors (Lipinski definition) is 1. The first-order chi connectivity index (χ1) is 13.1. The normalized spacial score (nSPS) is 23.7. The molecule has 150 valence electrons. The summed E-state index contributed by atoms with van der Waals surface area (Å²) in [7, 11) is 1.62. The number of guanidine groups is 1. The van der Waals surface area contributed by atoms with Crippen LogP contribution in [0.5, 0.6) is 5.75 Å². The zero-order valence-electron chi connectivity index (χ0n) is 15.2. The second kappa shape index (κ2) is 9.27. The molecule has 2 aliphatic heterocycles. The Kier molecular flexibility index (Phi) is 6.78. The van der Waals surface area contributed by atoms with Crippen LogP contribution in [0.3, 0.4) is 0 Å². The van der Waals surface area contributed by atoms with Gasteiger partial charge in [-0.15, -0.1) is 0 Å². The van der Waals surface area contributed by atoms with E-state index in [1.54, 1.807) is 7.05 Å². The maximum Gasteiger partial charge on any atom is 0.387 e. The number of benzene rings is 1. The van der Waals surface area contributed by atoms with Crippen molar-refractivity contribution in [2.24, 2.45) is 4.99 Å². The lowest BCUT2D eigenvalue weighted by atomic mass is 10.1. The van der Waals surface area contributed by atoms with E-state index in [4.69, 9.17) is 9.47 Å². The van der Waals surface area contributed by atoms with Crippen molar-refractivity contribution in [3.63, 3.8) is 0 Å². The molecular formula is C18H24F3N3O3. The van der Waals surface area contributed by atoms with E-state index < -0.39 is 12.4 Å². The van der Waals surface area contributed by atoms with E-state index in [0.29, 0.717) is 25.7 Å². The van der Waals surface area contributed by atoms with Crippen LogP contribution in [0.2, 0.25) is 0 Å². The Labute approximate surface area is 156 Å². The number of hydrogen-bond acceptors (Lipinski definition) is 4. The molecule has 2 aliphatic rings. The van der Waals surface area contributed by atoms with Crippen LogP contribution < -0.4 is 10.1 Å². The average molecular weight is 387 g/mol. The highest BCUT2D eigenvalue weighted by Gasteiger charge is 2.32. The highest BCUT2D eigenvalue weighted by atomic mass is 19.3. The number of aliphatic imine (C=N–C) groups is 1. The molecule has 2 heterocycles.